The van der Waals surface area contributed by atoms with E-state index in [0.29, 0.717) is 19.9 Å². The Morgan fingerprint density at radius 3 is 3.36 bits per heavy atom. The Bertz CT molecular complexity index is 445. The van der Waals surface area contributed by atoms with Gasteiger partial charge in [-0.25, -0.2) is 4.79 Å². The number of fused-ring (bicyclic) bond motifs is 3. The zero-order valence-corrected chi connectivity index (χ0v) is 8.07. The highest BCUT2D eigenvalue weighted by atomic mass is 35.5. The summed E-state index contributed by atoms with van der Waals surface area (Å²) in [6.07, 6.45) is 0. The first-order chi connectivity index (χ1) is 6.75. The maximum Gasteiger partial charge on any atom is 0.350 e. The fraction of sp³-hybridized carbons (Fsp3) is 0.500. The SMILES string of the molecule is O=c1nc(Cl)cc2n1C[C@@H]1COCN21. The van der Waals surface area contributed by atoms with Gasteiger partial charge in [0.2, 0.25) is 0 Å². The number of halogens is 1. The van der Waals surface area contributed by atoms with Gasteiger partial charge in [-0.15, -0.1) is 0 Å². The summed E-state index contributed by atoms with van der Waals surface area (Å²) in [4.78, 5) is 17.2. The predicted molar refractivity (Wildman–Crippen MR) is 50.6 cm³/mol. The van der Waals surface area contributed by atoms with Crippen molar-refractivity contribution in [1.29, 1.82) is 0 Å². The number of nitrogens with zero attached hydrogens (tertiary/aromatic N) is 3. The highest BCUT2D eigenvalue weighted by Crippen LogP contribution is 2.28. The van der Waals surface area contributed by atoms with Crippen LogP contribution >= 0.6 is 11.6 Å². The molecule has 0 saturated carbocycles. The molecule has 0 N–H and O–H groups in total. The van der Waals surface area contributed by atoms with Crippen LogP contribution in [-0.2, 0) is 11.3 Å². The van der Waals surface area contributed by atoms with Gasteiger partial charge >= 0.3 is 5.69 Å². The molecule has 1 aromatic rings. The molecule has 0 spiro atoms. The molecule has 2 aliphatic rings. The second-order valence-corrected chi connectivity index (χ2v) is 3.84. The molecule has 0 unspecified atom stereocenters. The number of aromatic nitrogens is 2. The Morgan fingerprint density at radius 1 is 1.64 bits per heavy atom. The maximum absolute atomic E-state index is 11.5. The summed E-state index contributed by atoms with van der Waals surface area (Å²) in [5.74, 6) is 0.817. The minimum atomic E-state index is -0.276. The smallest absolute Gasteiger partial charge is 0.350 e. The fourth-order valence-electron chi connectivity index (χ4n) is 1.97. The van der Waals surface area contributed by atoms with Crippen LogP contribution in [0.15, 0.2) is 10.9 Å². The van der Waals surface area contributed by atoms with Crippen molar-refractivity contribution in [3.8, 4) is 0 Å². The third-order valence-corrected chi connectivity index (χ3v) is 2.82. The van der Waals surface area contributed by atoms with E-state index in [1.54, 1.807) is 10.6 Å². The van der Waals surface area contributed by atoms with E-state index in [-0.39, 0.29) is 16.9 Å². The van der Waals surface area contributed by atoms with Crippen molar-refractivity contribution in [2.24, 2.45) is 0 Å². The Labute approximate surface area is 84.9 Å². The Morgan fingerprint density at radius 2 is 2.50 bits per heavy atom. The van der Waals surface area contributed by atoms with Crippen molar-refractivity contribution in [3.63, 3.8) is 0 Å². The van der Waals surface area contributed by atoms with Crippen LogP contribution in [0, 0.1) is 0 Å². The summed E-state index contributed by atoms with van der Waals surface area (Å²) in [5, 5.41) is 0.244. The van der Waals surface area contributed by atoms with Gasteiger partial charge in [-0.3, -0.25) is 4.57 Å². The van der Waals surface area contributed by atoms with Crippen molar-refractivity contribution in [1.82, 2.24) is 9.55 Å². The van der Waals surface area contributed by atoms with Gasteiger partial charge in [-0.05, 0) is 0 Å². The van der Waals surface area contributed by atoms with E-state index in [4.69, 9.17) is 16.3 Å². The molecule has 6 heteroatoms. The van der Waals surface area contributed by atoms with Crippen LogP contribution in [0.3, 0.4) is 0 Å². The standard InChI is InChI=1S/C8H8ClN3O2/c9-6-1-7-11(8(13)10-6)2-5-3-14-4-12(5)7/h1,5H,2-4H2/t5-/m1/s1. The average Bonchev–Trinajstić information content (AvgIpc) is 2.65. The van der Waals surface area contributed by atoms with Crippen LogP contribution in [0.25, 0.3) is 0 Å². The highest BCUT2D eigenvalue weighted by molar-refractivity contribution is 6.29. The first-order valence-electron chi connectivity index (χ1n) is 4.37. The molecule has 3 rings (SSSR count). The number of ether oxygens (including phenoxy) is 1. The van der Waals surface area contributed by atoms with Crippen molar-refractivity contribution < 1.29 is 4.74 Å². The van der Waals surface area contributed by atoms with Crippen molar-refractivity contribution in [3.05, 3.63) is 21.7 Å². The second kappa shape index (κ2) is 2.71. The molecule has 14 heavy (non-hydrogen) atoms. The van der Waals surface area contributed by atoms with Crippen molar-refractivity contribution >= 4 is 17.4 Å². The molecule has 3 heterocycles. The topological polar surface area (TPSA) is 47.4 Å². The van der Waals surface area contributed by atoms with Crippen molar-refractivity contribution in [2.45, 2.75) is 12.6 Å². The van der Waals surface area contributed by atoms with Gasteiger partial charge < -0.3 is 9.64 Å². The van der Waals surface area contributed by atoms with E-state index in [2.05, 4.69) is 4.98 Å². The van der Waals surface area contributed by atoms with E-state index in [1.807, 2.05) is 4.90 Å². The van der Waals surface area contributed by atoms with Crippen LogP contribution in [0.1, 0.15) is 0 Å². The summed E-state index contributed by atoms with van der Waals surface area (Å²) >= 11 is 5.73. The van der Waals surface area contributed by atoms with Crippen LogP contribution in [0.4, 0.5) is 5.82 Å². The first-order valence-corrected chi connectivity index (χ1v) is 4.75. The van der Waals surface area contributed by atoms with Gasteiger partial charge in [0.1, 0.15) is 17.7 Å². The molecule has 0 aliphatic carbocycles. The van der Waals surface area contributed by atoms with Crippen LogP contribution in [0.5, 0.6) is 0 Å². The molecule has 0 radical (unpaired) electrons. The highest BCUT2D eigenvalue weighted by Gasteiger charge is 2.34. The molecule has 0 amide bonds. The lowest BCUT2D eigenvalue weighted by atomic mass is 10.3. The monoisotopic (exact) mass is 213 g/mol. The molecular formula is C8H8ClN3O2. The maximum atomic E-state index is 11.5. The van der Waals surface area contributed by atoms with Gasteiger partial charge in [0.15, 0.2) is 0 Å². The normalized spacial score (nSPS) is 23.8. The average molecular weight is 214 g/mol. The first kappa shape index (κ1) is 8.26. The molecule has 1 atom stereocenters. The quantitative estimate of drug-likeness (QED) is 0.573. The Hall–Kier alpha value is -1.07. The van der Waals surface area contributed by atoms with E-state index in [9.17, 15) is 4.79 Å². The molecule has 1 fully saturated rings. The number of anilines is 1. The zero-order valence-electron chi connectivity index (χ0n) is 7.31. The lowest BCUT2D eigenvalue weighted by Crippen LogP contribution is -2.26. The molecule has 2 aliphatic heterocycles. The molecule has 1 saturated heterocycles. The summed E-state index contributed by atoms with van der Waals surface area (Å²) in [6, 6.07) is 1.97. The summed E-state index contributed by atoms with van der Waals surface area (Å²) in [7, 11) is 0. The second-order valence-electron chi connectivity index (χ2n) is 3.45. The number of hydrogen-bond donors (Lipinski definition) is 0. The largest absolute Gasteiger partial charge is 0.359 e. The molecular weight excluding hydrogens is 206 g/mol. The van der Waals surface area contributed by atoms with Gasteiger partial charge in [0, 0.05) is 6.07 Å². The minimum Gasteiger partial charge on any atom is -0.359 e. The van der Waals surface area contributed by atoms with Crippen LogP contribution in [0.2, 0.25) is 5.15 Å². The number of hydrogen-bond acceptors (Lipinski definition) is 4. The van der Waals surface area contributed by atoms with Gasteiger partial charge in [0.05, 0.1) is 19.2 Å². The lowest BCUT2D eigenvalue weighted by Gasteiger charge is -2.13. The van der Waals surface area contributed by atoms with Gasteiger partial charge in [0.25, 0.3) is 0 Å². The van der Waals surface area contributed by atoms with E-state index in [0.717, 1.165) is 5.82 Å². The van der Waals surface area contributed by atoms with E-state index in [1.165, 1.54) is 0 Å². The van der Waals surface area contributed by atoms with E-state index < -0.39 is 0 Å². The molecule has 0 bridgehead atoms. The zero-order chi connectivity index (χ0) is 9.71. The molecule has 1 aromatic heterocycles. The molecule has 0 aromatic carbocycles. The predicted octanol–water partition coefficient (Wildman–Crippen LogP) is 0.0730. The summed E-state index contributed by atoms with van der Waals surface area (Å²) in [6.45, 7) is 1.85. The lowest BCUT2D eigenvalue weighted by molar-refractivity contribution is 0.189. The third-order valence-electron chi connectivity index (χ3n) is 2.63. The fourth-order valence-corrected chi connectivity index (χ4v) is 2.14. The van der Waals surface area contributed by atoms with Crippen LogP contribution < -0.4 is 10.6 Å². The third kappa shape index (κ3) is 0.994. The van der Waals surface area contributed by atoms with Gasteiger partial charge in [-0.2, -0.15) is 4.98 Å². The molecule has 74 valence electrons. The van der Waals surface area contributed by atoms with E-state index >= 15 is 0 Å². The minimum absolute atomic E-state index is 0.244. The summed E-state index contributed by atoms with van der Waals surface area (Å²) < 4.78 is 6.93. The Kier molecular flexibility index (Phi) is 1.60. The summed E-state index contributed by atoms with van der Waals surface area (Å²) in [5.41, 5.74) is -0.276. The van der Waals surface area contributed by atoms with Gasteiger partial charge in [-0.1, -0.05) is 11.6 Å². The van der Waals surface area contributed by atoms with Crippen LogP contribution in [-0.4, -0.2) is 28.9 Å². The molecule has 5 nitrogen and oxygen atoms in total. The number of rotatable bonds is 0. The Balaban J connectivity index is 2.19. The van der Waals surface area contributed by atoms with Crippen molar-refractivity contribution in [2.75, 3.05) is 18.2 Å².